The molecule has 1 unspecified atom stereocenters. The van der Waals surface area contributed by atoms with Gasteiger partial charge in [-0.1, -0.05) is 53.5 Å². The molecule has 0 aliphatic carbocycles. The van der Waals surface area contributed by atoms with Gasteiger partial charge in [-0.2, -0.15) is 0 Å². The molecule has 0 saturated heterocycles. The number of benzene rings is 2. The summed E-state index contributed by atoms with van der Waals surface area (Å²) in [5, 5.41) is 2.12. The molecule has 4 heteroatoms. The maximum atomic E-state index is 6.26. The Morgan fingerprint density at radius 3 is 2.50 bits per heavy atom. The second kappa shape index (κ2) is 5.41. The number of hydrogen-bond donors (Lipinski definition) is 1. The van der Waals surface area contributed by atoms with Crippen molar-refractivity contribution in [2.75, 3.05) is 0 Å². The van der Waals surface area contributed by atoms with Crippen molar-refractivity contribution in [3.63, 3.8) is 0 Å². The lowest BCUT2D eigenvalue weighted by atomic mass is 10.0. The van der Waals surface area contributed by atoms with Crippen molar-refractivity contribution in [3.8, 4) is 0 Å². The highest BCUT2D eigenvalue weighted by molar-refractivity contribution is 6.42. The topological polar surface area (TPSA) is 38.9 Å². The molecule has 1 atom stereocenters. The molecule has 2 aromatic carbocycles. The fourth-order valence-electron chi connectivity index (χ4n) is 2.13. The molecule has 100 valence electrons. The highest BCUT2D eigenvalue weighted by Crippen LogP contribution is 2.27. The molecule has 3 rings (SSSR count). The molecule has 2 nitrogen and oxygen atoms in total. The minimum atomic E-state index is -0.325. The number of nitrogens with zero attached hydrogens (tertiary/aromatic N) is 1. The van der Waals surface area contributed by atoms with Crippen LogP contribution in [-0.2, 0) is 0 Å². The standard InChI is InChI=1S/C16H12Cl2N2/c17-12-7-5-11(9-13(12)18)16(19)15-8-6-10-3-1-2-4-14(10)20-15/h1-9,16H,19H2. The highest BCUT2D eigenvalue weighted by Gasteiger charge is 2.12. The maximum absolute atomic E-state index is 6.26. The molecule has 1 heterocycles. The summed E-state index contributed by atoms with van der Waals surface area (Å²) < 4.78 is 0. The normalized spacial score (nSPS) is 12.6. The summed E-state index contributed by atoms with van der Waals surface area (Å²) in [4.78, 5) is 4.60. The number of fused-ring (bicyclic) bond motifs is 1. The van der Waals surface area contributed by atoms with Crippen LogP contribution in [0.15, 0.2) is 54.6 Å². The molecule has 3 aromatic rings. The molecule has 20 heavy (non-hydrogen) atoms. The Morgan fingerprint density at radius 2 is 1.70 bits per heavy atom. The quantitative estimate of drug-likeness (QED) is 0.752. The Morgan fingerprint density at radius 1 is 0.900 bits per heavy atom. The largest absolute Gasteiger partial charge is 0.319 e. The van der Waals surface area contributed by atoms with Crippen molar-refractivity contribution in [3.05, 3.63) is 75.9 Å². The fourth-order valence-corrected chi connectivity index (χ4v) is 2.44. The van der Waals surface area contributed by atoms with Gasteiger partial charge in [-0.3, -0.25) is 4.98 Å². The van der Waals surface area contributed by atoms with E-state index in [1.54, 1.807) is 12.1 Å². The van der Waals surface area contributed by atoms with Gasteiger partial charge in [-0.05, 0) is 29.8 Å². The third-order valence-electron chi connectivity index (χ3n) is 3.24. The van der Waals surface area contributed by atoms with Crippen LogP contribution in [0.3, 0.4) is 0 Å². The number of hydrogen-bond acceptors (Lipinski definition) is 2. The third-order valence-corrected chi connectivity index (χ3v) is 3.98. The van der Waals surface area contributed by atoms with Crippen LogP contribution in [0.5, 0.6) is 0 Å². The van der Waals surface area contributed by atoms with Gasteiger partial charge in [0, 0.05) is 5.39 Å². The highest BCUT2D eigenvalue weighted by atomic mass is 35.5. The molecule has 1 aromatic heterocycles. The van der Waals surface area contributed by atoms with E-state index in [4.69, 9.17) is 28.9 Å². The van der Waals surface area contributed by atoms with Gasteiger partial charge in [0.1, 0.15) is 0 Å². The van der Waals surface area contributed by atoms with Crippen molar-refractivity contribution in [1.82, 2.24) is 4.98 Å². The monoisotopic (exact) mass is 302 g/mol. The zero-order chi connectivity index (χ0) is 14.1. The molecule has 0 amide bonds. The lowest BCUT2D eigenvalue weighted by Crippen LogP contribution is -2.13. The minimum Gasteiger partial charge on any atom is -0.319 e. The number of rotatable bonds is 2. The van der Waals surface area contributed by atoms with E-state index in [2.05, 4.69) is 4.98 Å². The molecule has 0 bridgehead atoms. The van der Waals surface area contributed by atoms with Crippen LogP contribution in [0, 0.1) is 0 Å². The first-order valence-corrected chi connectivity index (χ1v) is 6.97. The summed E-state index contributed by atoms with van der Waals surface area (Å²) >= 11 is 12.0. The molecule has 0 aliphatic heterocycles. The van der Waals surface area contributed by atoms with Gasteiger partial charge < -0.3 is 5.73 Å². The zero-order valence-electron chi connectivity index (χ0n) is 10.6. The summed E-state index contributed by atoms with van der Waals surface area (Å²) in [6.45, 7) is 0. The lowest BCUT2D eigenvalue weighted by molar-refractivity contribution is 0.836. The van der Waals surface area contributed by atoms with Gasteiger partial charge in [0.05, 0.1) is 27.3 Å². The van der Waals surface area contributed by atoms with E-state index < -0.39 is 0 Å². The number of halogens is 2. The van der Waals surface area contributed by atoms with E-state index >= 15 is 0 Å². The summed E-state index contributed by atoms with van der Waals surface area (Å²) in [7, 11) is 0. The number of pyridine rings is 1. The van der Waals surface area contributed by atoms with E-state index in [0.29, 0.717) is 10.0 Å². The van der Waals surface area contributed by atoms with Crippen LogP contribution in [-0.4, -0.2) is 4.98 Å². The van der Waals surface area contributed by atoms with Gasteiger partial charge in [0.15, 0.2) is 0 Å². The molecule has 0 spiro atoms. The Kier molecular flexibility index (Phi) is 3.62. The second-order valence-corrected chi connectivity index (χ2v) is 5.39. The van der Waals surface area contributed by atoms with Gasteiger partial charge >= 0.3 is 0 Å². The Hall–Kier alpha value is -1.61. The van der Waals surface area contributed by atoms with Crippen LogP contribution >= 0.6 is 23.2 Å². The van der Waals surface area contributed by atoms with Crippen LogP contribution in [0.25, 0.3) is 10.9 Å². The molecule has 2 N–H and O–H groups in total. The fraction of sp³-hybridized carbons (Fsp3) is 0.0625. The summed E-state index contributed by atoms with van der Waals surface area (Å²) in [6, 6.07) is 17.0. The average Bonchev–Trinajstić information content (AvgIpc) is 2.49. The van der Waals surface area contributed by atoms with Gasteiger partial charge in [-0.25, -0.2) is 0 Å². The van der Waals surface area contributed by atoms with Gasteiger partial charge in [0.25, 0.3) is 0 Å². The van der Waals surface area contributed by atoms with Crippen molar-refractivity contribution in [2.24, 2.45) is 5.73 Å². The van der Waals surface area contributed by atoms with Crippen molar-refractivity contribution >= 4 is 34.1 Å². The van der Waals surface area contributed by atoms with E-state index in [9.17, 15) is 0 Å². The minimum absolute atomic E-state index is 0.325. The smallest absolute Gasteiger partial charge is 0.0727 e. The number of nitrogens with two attached hydrogens (primary N) is 1. The van der Waals surface area contributed by atoms with Crippen LogP contribution in [0.1, 0.15) is 17.3 Å². The van der Waals surface area contributed by atoms with Crippen molar-refractivity contribution < 1.29 is 0 Å². The zero-order valence-corrected chi connectivity index (χ0v) is 12.1. The number of para-hydroxylation sites is 1. The predicted molar refractivity (Wildman–Crippen MR) is 84.2 cm³/mol. The molecular weight excluding hydrogens is 291 g/mol. The van der Waals surface area contributed by atoms with Crippen molar-refractivity contribution in [2.45, 2.75) is 6.04 Å². The van der Waals surface area contributed by atoms with Crippen LogP contribution in [0.4, 0.5) is 0 Å². The van der Waals surface area contributed by atoms with Crippen LogP contribution < -0.4 is 5.73 Å². The molecular formula is C16H12Cl2N2. The summed E-state index contributed by atoms with van der Waals surface area (Å²) in [5.41, 5.74) is 8.89. The number of aromatic nitrogens is 1. The Labute approximate surface area is 127 Å². The maximum Gasteiger partial charge on any atom is 0.0727 e. The first kappa shape index (κ1) is 13.4. The van der Waals surface area contributed by atoms with Crippen molar-refractivity contribution in [1.29, 1.82) is 0 Å². The third kappa shape index (κ3) is 2.50. The SMILES string of the molecule is NC(c1ccc(Cl)c(Cl)c1)c1ccc2ccccc2n1. The first-order valence-electron chi connectivity index (χ1n) is 6.21. The molecule has 0 fully saturated rings. The summed E-state index contributed by atoms with van der Waals surface area (Å²) in [5.74, 6) is 0. The van der Waals surface area contributed by atoms with Gasteiger partial charge in [-0.15, -0.1) is 0 Å². The van der Waals surface area contributed by atoms with Crippen LogP contribution in [0.2, 0.25) is 10.0 Å². The first-order chi connectivity index (χ1) is 9.65. The molecule has 0 radical (unpaired) electrons. The van der Waals surface area contributed by atoms with Gasteiger partial charge in [0.2, 0.25) is 0 Å². The summed E-state index contributed by atoms with van der Waals surface area (Å²) in [6.07, 6.45) is 0. The average molecular weight is 303 g/mol. The lowest BCUT2D eigenvalue weighted by Gasteiger charge is -2.13. The Bertz CT molecular complexity index is 771. The predicted octanol–water partition coefficient (Wildman–Crippen LogP) is 4.59. The Balaban J connectivity index is 2.02. The van der Waals surface area contributed by atoms with E-state index in [1.165, 1.54) is 0 Å². The van der Waals surface area contributed by atoms with E-state index in [1.807, 2.05) is 42.5 Å². The van der Waals surface area contributed by atoms with E-state index in [0.717, 1.165) is 22.2 Å². The van der Waals surface area contributed by atoms with E-state index in [-0.39, 0.29) is 6.04 Å². The second-order valence-electron chi connectivity index (χ2n) is 4.58. The molecule has 0 aliphatic rings. The molecule has 0 saturated carbocycles.